The van der Waals surface area contributed by atoms with E-state index >= 15 is 0 Å². The van der Waals surface area contributed by atoms with Crippen LogP contribution in [0.3, 0.4) is 0 Å². The predicted molar refractivity (Wildman–Crippen MR) is 61.5 cm³/mol. The minimum absolute atomic E-state index is 0.210. The molecule has 1 unspecified atom stereocenters. The van der Waals surface area contributed by atoms with Crippen LogP contribution in [-0.2, 0) is 9.53 Å². The van der Waals surface area contributed by atoms with Crippen LogP contribution in [0.15, 0.2) is 13.2 Å². The first-order chi connectivity index (χ1) is 7.29. The van der Waals surface area contributed by atoms with Gasteiger partial charge in [-0.1, -0.05) is 0 Å². The number of piperidine rings is 1. The van der Waals surface area contributed by atoms with E-state index < -0.39 is 0 Å². The first kappa shape index (κ1) is 14.1. The lowest BCUT2D eigenvalue weighted by Crippen LogP contribution is -2.46. The van der Waals surface area contributed by atoms with E-state index in [1.165, 1.54) is 26.2 Å². The number of nitrogens with one attached hydrogen (secondary N) is 2. The Labute approximate surface area is 92.1 Å². The summed E-state index contributed by atoms with van der Waals surface area (Å²) in [6.45, 7) is 9.72. The van der Waals surface area contributed by atoms with E-state index in [1.807, 2.05) is 0 Å². The Bertz CT molecular complexity index is 168. The third-order valence-electron chi connectivity index (χ3n) is 2.11. The first-order valence-corrected chi connectivity index (χ1v) is 5.39. The maximum atomic E-state index is 10.4. The molecule has 15 heavy (non-hydrogen) atoms. The Hall–Kier alpha value is -0.870. The first-order valence-electron chi connectivity index (χ1n) is 5.39. The second kappa shape index (κ2) is 9.68. The van der Waals surface area contributed by atoms with E-state index in [2.05, 4.69) is 23.8 Å². The molecule has 0 aromatic rings. The van der Waals surface area contributed by atoms with E-state index in [0.29, 0.717) is 12.8 Å². The van der Waals surface area contributed by atoms with Crippen LogP contribution in [0, 0.1) is 0 Å². The molecule has 2 N–H and O–H groups in total. The fourth-order valence-electron chi connectivity index (χ4n) is 1.45. The summed E-state index contributed by atoms with van der Waals surface area (Å²) in [4.78, 5) is 10.4. The second-order valence-electron chi connectivity index (χ2n) is 3.30. The lowest BCUT2D eigenvalue weighted by Gasteiger charge is -2.24. The summed E-state index contributed by atoms with van der Waals surface area (Å²) in [5.74, 6) is -0.210. The summed E-state index contributed by atoms with van der Waals surface area (Å²) in [6.07, 6.45) is 4.12. The summed E-state index contributed by atoms with van der Waals surface area (Å²) in [6, 6.07) is 0. The molecule has 88 valence electrons. The molecule has 1 saturated heterocycles. The minimum Gasteiger partial charge on any atom is -0.465 e. The zero-order chi connectivity index (χ0) is 11.5. The molecule has 0 radical (unpaired) electrons. The van der Waals surface area contributed by atoms with Crippen molar-refractivity contribution in [1.29, 1.82) is 0 Å². The van der Waals surface area contributed by atoms with Gasteiger partial charge in [0.05, 0.1) is 6.17 Å². The number of hydrogen-bond acceptors (Lipinski definition) is 4. The van der Waals surface area contributed by atoms with Crippen molar-refractivity contribution in [3.05, 3.63) is 13.2 Å². The molecule has 1 fully saturated rings. The zero-order valence-corrected chi connectivity index (χ0v) is 9.55. The van der Waals surface area contributed by atoms with Gasteiger partial charge in [0.15, 0.2) is 0 Å². The largest absolute Gasteiger partial charge is 0.465 e. The van der Waals surface area contributed by atoms with Gasteiger partial charge in [-0.15, -0.1) is 13.2 Å². The third-order valence-corrected chi connectivity index (χ3v) is 2.11. The van der Waals surface area contributed by atoms with E-state index in [4.69, 9.17) is 4.74 Å². The van der Waals surface area contributed by atoms with E-state index in [9.17, 15) is 4.79 Å². The Morgan fingerprint density at radius 2 is 2.27 bits per heavy atom. The predicted octanol–water partition coefficient (Wildman–Crippen LogP) is 1.04. The van der Waals surface area contributed by atoms with E-state index in [1.54, 1.807) is 0 Å². The zero-order valence-electron chi connectivity index (χ0n) is 9.55. The van der Waals surface area contributed by atoms with Crippen LogP contribution in [-0.4, -0.2) is 31.8 Å². The van der Waals surface area contributed by atoms with Crippen LogP contribution >= 0.6 is 0 Å². The van der Waals surface area contributed by atoms with Crippen LogP contribution in [0.4, 0.5) is 0 Å². The lowest BCUT2D eigenvalue weighted by atomic mass is 10.1. The summed E-state index contributed by atoms with van der Waals surface area (Å²) in [5.41, 5.74) is 0. The van der Waals surface area contributed by atoms with Crippen molar-refractivity contribution in [2.45, 2.75) is 32.4 Å². The van der Waals surface area contributed by atoms with Crippen LogP contribution in [0.2, 0.25) is 0 Å². The smallest absolute Gasteiger partial charge is 0.302 e. The van der Waals surface area contributed by atoms with Crippen LogP contribution in [0.25, 0.3) is 0 Å². The molecule has 0 aliphatic carbocycles. The molecule has 1 rings (SSSR count). The highest BCUT2D eigenvalue weighted by molar-refractivity contribution is 5.65. The van der Waals surface area contributed by atoms with E-state index in [-0.39, 0.29) is 5.97 Å². The molecule has 0 aromatic heterocycles. The van der Waals surface area contributed by atoms with Crippen molar-refractivity contribution in [3.8, 4) is 0 Å². The number of hydrogen-bond donors (Lipinski definition) is 2. The standard InChI is InChI=1S/C9H18N2O2.C2H4/c1-8(12)13-7-6-11-9-4-2-3-5-10-9;1-2/h9-11H,2-7H2,1H3;1-2H2. The van der Waals surface area contributed by atoms with Crippen molar-refractivity contribution >= 4 is 5.97 Å². The number of esters is 1. The number of ether oxygens (including phenoxy) is 1. The third kappa shape index (κ3) is 8.15. The Morgan fingerprint density at radius 3 is 2.80 bits per heavy atom. The average Bonchev–Trinajstić information content (AvgIpc) is 2.28. The molecular weight excluding hydrogens is 192 g/mol. The van der Waals surface area contributed by atoms with Crippen molar-refractivity contribution in [1.82, 2.24) is 10.6 Å². The molecule has 1 atom stereocenters. The number of carbonyl (C=O) groups excluding carboxylic acids is 1. The monoisotopic (exact) mass is 214 g/mol. The normalized spacial score (nSPS) is 19.9. The molecule has 0 aromatic carbocycles. The molecule has 0 amide bonds. The number of rotatable bonds is 4. The average molecular weight is 214 g/mol. The molecule has 0 spiro atoms. The van der Waals surface area contributed by atoms with Gasteiger partial charge >= 0.3 is 5.97 Å². The van der Waals surface area contributed by atoms with Crippen molar-refractivity contribution in [3.63, 3.8) is 0 Å². The van der Waals surface area contributed by atoms with Gasteiger partial charge in [0, 0.05) is 13.5 Å². The lowest BCUT2D eigenvalue weighted by molar-refractivity contribution is -0.140. The quantitative estimate of drug-likeness (QED) is 0.417. The minimum atomic E-state index is -0.210. The van der Waals surface area contributed by atoms with Crippen LogP contribution in [0.5, 0.6) is 0 Å². The Morgan fingerprint density at radius 1 is 1.53 bits per heavy atom. The number of carbonyl (C=O) groups is 1. The van der Waals surface area contributed by atoms with Gasteiger partial charge in [0.1, 0.15) is 6.61 Å². The van der Waals surface area contributed by atoms with Gasteiger partial charge < -0.3 is 10.1 Å². The van der Waals surface area contributed by atoms with Crippen LogP contribution < -0.4 is 10.6 Å². The van der Waals surface area contributed by atoms with Crippen molar-refractivity contribution in [2.24, 2.45) is 0 Å². The van der Waals surface area contributed by atoms with Crippen molar-refractivity contribution < 1.29 is 9.53 Å². The molecule has 0 saturated carbocycles. The summed E-state index contributed by atoms with van der Waals surface area (Å²) < 4.78 is 4.80. The van der Waals surface area contributed by atoms with E-state index in [0.717, 1.165) is 13.1 Å². The van der Waals surface area contributed by atoms with Gasteiger partial charge in [-0.05, 0) is 25.8 Å². The Kier molecular flexibility index (Phi) is 9.11. The highest BCUT2D eigenvalue weighted by Crippen LogP contribution is 2.03. The molecular formula is C11H22N2O2. The van der Waals surface area contributed by atoms with Gasteiger partial charge in [-0.3, -0.25) is 10.1 Å². The molecule has 1 aliphatic rings. The van der Waals surface area contributed by atoms with Crippen LogP contribution in [0.1, 0.15) is 26.2 Å². The van der Waals surface area contributed by atoms with Gasteiger partial charge in [-0.2, -0.15) is 0 Å². The van der Waals surface area contributed by atoms with Gasteiger partial charge in [-0.25, -0.2) is 0 Å². The maximum absolute atomic E-state index is 10.4. The molecule has 0 bridgehead atoms. The summed E-state index contributed by atoms with van der Waals surface area (Å²) in [7, 11) is 0. The maximum Gasteiger partial charge on any atom is 0.302 e. The molecule has 4 nitrogen and oxygen atoms in total. The topological polar surface area (TPSA) is 50.4 Å². The van der Waals surface area contributed by atoms with Gasteiger partial charge in [0.2, 0.25) is 0 Å². The summed E-state index contributed by atoms with van der Waals surface area (Å²) >= 11 is 0. The van der Waals surface area contributed by atoms with Gasteiger partial charge in [0.25, 0.3) is 0 Å². The molecule has 4 heteroatoms. The summed E-state index contributed by atoms with van der Waals surface area (Å²) in [5, 5.41) is 6.64. The molecule has 1 heterocycles. The highest BCUT2D eigenvalue weighted by atomic mass is 16.5. The fraction of sp³-hybridized carbons (Fsp3) is 0.727. The van der Waals surface area contributed by atoms with Crippen molar-refractivity contribution in [2.75, 3.05) is 19.7 Å². The second-order valence-corrected chi connectivity index (χ2v) is 3.30. The Balaban J connectivity index is 0.000000921. The molecule has 1 aliphatic heterocycles. The highest BCUT2D eigenvalue weighted by Gasteiger charge is 2.10. The SMILES string of the molecule is C=C.CC(=O)OCCNC1CCCCN1. The fourth-order valence-corrected chi connectivity index (χ4v) is 1.45.